The summed E-state index contributed by atoms with van der Waals surface area (Å²) in [6.07, 6.45) is 0.900. The first-order valence-corrected chi connectivity index (χ1v) is 3.40. The maximum absolute atomic E-state index is 9.64. The van der Waals surface area contributed by atoms with Crippen molar-refractivity contribution in [2.24, 2.45) is 0 Å². The Hall–Kier alpha value is 1.63. The zero-order chi connectivity index (χ0) is 5.70. The second kappa shape index (κ2) is 8.63. The largest absolute Gasteiger partial charge is 1.00 e. The van der Waals surface area contributed by atoms with Gasteiger partial charge in [-0.3, -0.25) is 0 Å². The molecule has 0 aromatic heterocycles. The van der Waals surface area contributed by atoms with Crippen LogP contribution in [0.25, 0.3) is 0 Å². The maximum atomic E-state index is 9.64. The van der Waals surface area contributed by atoms with E-state index in [-0.39, 0.29) is 57.8 Å². The smallest absolute Gasteiger partial charge is 1.00 e. The third kappa shape index (κ3) is 10.6. The second-order valence-electron chi connectivity index (χ2n) is 1.20. The predicted octanol–water partition coefficient (Wildman–Crippen LogP) is -4.16. The summed E-state index contributed by atoms with van der Waals surface area (Å²) in [5.74, 6) is -0.953. The molecule has 4 heteroatoms. The van der Waals surface area contributed by atoms with Crippen molar-refractivity contribution in [2.45, 2.75) is 18.2 Å². The van der Waals surface area contributed by atoms with Crippen molar-refractivity contribution >= 4 is 22.0 Å². The quantitative estimate of drug-likeness (QED) is 0.439. The van der Waals surface area contributed by atoms with Crippen LogP contribution in [0, 0.1) is 0 Å². The number of carboxylic acids is 1. The van der Waals surface area contributed by atoms with Crippen molar-refractivity contribution < 1.29 is 61.3 Å². The third-order valence-electron chi connectivity index (χ3n) is 0.539. The van der Waals surface area contributed by atoms with Gasteiger partial charge in [-0.2, -0.15) is 0 Å². The van der Waals surface area contributed by atoms with Crippen molar-refractivity contribution in [2.75, 3.05) is 0 Å². The van der Waals surface area contributed by atoms with Gasteiger partial charge in [-0.15, -0.1) is 0 Å². The van der Waals surface area contributed by atoms with Crippen LogP contribution in [0.3, 0.4) is 0 Å². The molecular formula is C4H7KO2Se. The van der Waals surface area contributed by atoms with Crippen LogP contribution >= 0.6 is 0 Å². The van der Waals surface area contributed by atoms with Crippen LogP contribution < -0.4 is 56.5 Å². The maximum Gasteiger partial charge on any atom is 1.00 e. The fraction of sp³-hybridized carbons (Fsp3) is 0.750. The van der Waals surface area contributed by atoms with E-state index in [4.69, 9.17) is 0 Å². The second-order valence-corrected chi connectivity index (χ2v) is 2.14. The van der Waals surface area contributed by atoms with E-state index in [0.29, 0.717) is 6.42 Å². The molecule has 0 aliphatic carbocycles. The molecule has 0 aromatic rings. The topological polar surface area (TPSA) is 40.1 Å². The molecule has 0 atom stereocenters. The summed E-state index contributed by atoms with van der Waals surface area (Å²) in [6, 6.07) is 0. The van der Waals surface area contributed by atoms with Gasteiger partial charge in [0.25, 0.3) is 0 Å². The fourth-order valence-electron chi connectivity index (χ4n) is 0.223. The van der Waals surface area contributed by atoms with E-state index in [1.807, 2.05) is 0 Å². The van der Waals surface area contributed by atoms with Gasteiger partial charge in [-0.25, -0.2) is 0 Å². The summed E-state index contributed by atoms with van der Waals surface area (Å²) in [7, 11) is 0. The van der Waals surface area contributed by atoms with E-state index in [9.17, 15) is 9.90 Å². The molecule has 0 unspecified atom stereocenters. The zero-order valence-corrected chi connectivity index (χ0v) is 9.88. The summed E-state index contributed by atoms with van der Waals surface area (Å²) in [6.45, 7) is 0. The molecule has 0 amide bonds. The van der Waals surface area contributed by atoms with E-state index in [2.05, 4.69) is 16.0 Å². The molecule has 0 saturated carbocycles. The first-order chi connectivity index (χ1) is 3.27. The summed E-state index contributed by atoms with van der Waals surface area (Å²) >= 11 is 2.33. The molecule has 0 bridgehead atoms. The molecule has 0 spiro atoms. The number of rotatable bonds is 3. The number of hydrogen-bond acceptors (Lipinski definition) is 2. The summed E-state index contributed by atoms with van der Waals surface area (Å²) in [5.41, 5.74) is 0. The normalized spacial score (nSPS) is 7.62. The van der Waals surface area contributed by atoms with Gasteiger partial charge >= 0.3 is 101 Å². The Bertz CT molecular complexity index is 67.1. The Morgan fingerprint density at radius 3 is 2.25 bits per heavy atom. The summed E-state index contributed by atoms with van der Waals surface area (Å²) in [5, 5.41) is 10.5. The average Bonchev–Trinajstić information content (AvgIpc) is 1.61. The van der Waals surface area contributed by atoms with Gasteiger partial charge in [0.05, 0.1) is 0 Å². The average molecular weight is 205 g/mol. The van der Waals surface area contributed by atoms with Crippen LogP contribution in [-0.2, 0) is 4.79 Å². The fourth-order valence-corrected chi connectivity index (χ4v) is 0.555. The molecule has 0 N–H and O–H groups in total. The number of carbonyl (C=O) groups is 1. The monoisotopic (exact) mass is 206 g/mol. The van der Waals surface area contributed by atoms with Gasteiger partial charge in [0.1, 0.15) is 0 Å². The van der Waals surface area contributed by atoms with Crippen LogP contribution in [0.5, 0.6) is 0 Å². The van der Waals surface area contributed by atoms with Gasteiger partial charge in [0.15, 0.2) is 0 Å². The van der Waals surface area contributed by atoms with Crippen LogP contribution in [0.1, 0.15) is 12.8 Å². The minimum Gasteiger partial charge on any atom is 1.00 e. The Balaban J connectivity index is 0. The van der Waals surface area contributed by atoms with E-state index >= 15 is 0 Å². The summed E-state index contributed by atoms with van der Waals surface area (Å²) < 4.78 is 0. The minimum absolute atomic E-state index is 0. The van der Waals surface area contributed by atoms with Crippen molar-refractivity contribution in [3.05, 3.63) is 0 Å². The summed E-state index contributed by atoms with van der Waals surface area (Å²) in [4.78, 5) is 9.64. The van der Waals surface area contributed by atoms with Crippen molar-refractivity contribution in [1.82, 2.24) is 0 Å². The molecule has 8 heavy (non-hydrogen) atoms. The Morgan fingerprint density at radius 2 is 2.12 bits per heavy atom. The van der Waals surface area contributed by atoms with Crippen molar-refractivity contribution in [3.8, 4) is 0 Å². The van der Waals surface area contributed by atoms with Gasteiger partial charge < -0.3 is 0 Å². The number of aliphatic carboxylic acids is 1. The van der Waals surface area contributed by atoms with Crippen LogP contribution in [0.4, 0.5) is 0 Å². The predicted molar refractivity (Wildman–Crippen MR) is 26.2 cm³/mol. The van der Waals surface area contributed by atoms with Gasteiger partial charge in [0, 0.05) is 0 Å². The Morgan fingerprint density at radius 1 is 1.62 bits per heavy atom. The molecule has 42 valence electrons. The van der Waals surface area contributed by atoms with E-state index in [1.54, 1.807) is 0 Å². The van der Waals surface area contributed by atoms with Gasteiger partial charge in [0.2, 0.25) is 0 Å². The minimum atomic E-state index is -0.953. The van der Waals surface area contributed by atoms with E-state index < -0.39 is 5.97 Å². The molecule has 0 aromatic carbocycles. The molecule has 0 rings (SSSR count). The molecule has 0 heterocycles. The third-order valence-corrected chi connectivity index (χ3v) is 1.20. The molecule has 0 aliphatic rings. The molecule has 2 nitrogen and oxygen atoms in total. The molecule has 0 fully saturated rings. The van der Waals surface area contributed by atoms with Gasteiger partial charge in [-0.1, -0.05) is 0 Å². The first kappa shape index (κ1) is 12.3. The molecule has 0 saturated heterocycles. The van der Waals surface area contributed by atoms with E-state index in [1.165, 1.54) is 0 Å². The van der Waals surface area contributed by atoms with Crippen LogP contribution in [-0.4, -0.2) is 22.0 Å². The van der Waals surface area contributed by atoms with Gasteiger partial charge in [-0.05, 0) is 0 Å². The van der Waals surface area contributed by atoms with Crippen LogP contribution in [0.15, 0.2) is 0 Å². The standard InChI is InChI=1S/C4H8O2Se.K/c5-4(6)2-1-3-7;/h7H,1-3H2,(H,5,6);/q;+1/p-1. The molecular weight excluding hydrogens is 198 g/mol. The van der Waals surface area contributed by atoms with Crippen LogP contribution in [0.2, 0.25) is 5.32 Å². The Kier molecular flexibility index (Phi) is 13.3. The zero-order valence-electron chi connectivity index (χ0n) is 4.89. The molecule has 0 aliphatic heterocycles. The molecule has 0 radical (unpaired) electrons. The number of hydrogen-bond donors (Lipinski definition) is 0. The first-order valence-electron chi connectivity index (χ1n) is 2.08. The van der Waals surface area contributed by atoms with Crippen molar-refractivity contribution in [1.29, 1.82) is 0 Å². The number of carbonyl (C=O) groups excluding carboxylic acids is 1. The Labute approximate surface area is 99.6 Å². The number of carboxylic acid groups (broad SMARTS) is 1. The SMILES string of the molecule is O=C([O-])CCC[SeH].[K+]. The van der Waals surface area contributed by atoms with Crippen molar-refractivity contribution in [3.63, 3.8) is 0 Å². The van der Waals surface area contributed by atoms with E-state index in [0.717, 1.165) is 5.32 Å².